The molecule has 0 heterocycles. The highest BCUT2D eigenvalue weighted by atomic mass is 35.5. The fraction of sp³-hybridized carbons (Fsp3) is 0.263. The maximum atomic E-state index is 12.0. The van der Waals surface area contributed by atoms with Gasteiger partial charge in [0.2, 0.25) is 0 Å². The van der Waals surface area contributed by atoms with Crippen LogP contribution in [-0.2, 0) is 16.0 Å². The van der Waals surface area contributed by atoms with Crippen LogP contribution in [0.4, 0.5) is 5.69 Å². The van der Waals surface area contributed by atoms with Gasteiger partial charge >= 0.3 is 11.8 Å². The van der Waals surface area contributed by atoms with Gasteiger partial charge in [0.15, 0.2) is 0 Å². The minimum Gasteiger partial charge on any atom is -0.497 e. The SMILES string of the molecule is COc1ccc(CCNC(=O)C(=O)Nc2c(C)cc(C)cc2Cl)cc1. The molecule has 2 aromatic rings. The Bertz CT molecular complexity index is 750. The quantitative estimate of drug-likeness (QED) is 0.804. The first-order valence-electron chi connectivity index (χ1n) is 7.89. The second-order valence-corrected chi connectivity index (χ2v) is 6.15. The molecule has 0 atom stereocenters. The normalized spacial score (nSPS) is 10.2. The molecule has 0 aliphatic rings. The van der Waals surface area contributed by atoms with E-state index in [0.29, 0.717) is 23.7 Å². The summed E-state index contributed by atoms with van der Waals surface area (Å²) in [5.41, 5.74) is 3.30. The van der Waals surface area contributed by atoms with Crippen LogP contribution in [0, 0.1) is 13.8 Å². The molecule has 2 aromatic carbocycles. The minimum absolute atomic E-state index is 0.360. The molecule has 25 heavy (non-hydrogen) atoms. The zero-order valence-electron chi connectivity index (χ0n) is 14.5. The summed E-state index contributed by atoms with van der Waals surface area (Å²) in [5.74, 6) is -0.648. The molecule has 0 bridgehead atoms. The number of amides is 2. The molecule has 132 valence electrons. The molecule has 0 aliphatic carbocycles. The van der Waals surface area contributed by atoms with E-state index >= 15 is 0 Å². The van der Waals surface area contributed by atoms with Gasteiger partial charge in [0.25, 0.3) is 0 Å². The van der Waals surface area contributed by atoms with Crippen LogP contribution in [-0.4, -0.2) is 25.5 Å². The highest BCUT2D eigenvalue weighted by molar-refractivity contribution is 6.41. The van der Waals surface area contributed by atoms with Gasteiger partial charge in [-0.05, 0) is 55.2 Å². The number of hydrogen-bond donors (Lipinski definition) is 2. The first-order valence-corrected chi connectivity index (χ1v) is 8.27. The lowest BCUT2D eigenvalue weighted by atomic mass is 10.1. The number of hydrogen-bond acceptors (Lipinski definition) is 3. The van der Waals surface area contributed by atoms with Crippen molar-refractivity contribution in [2.75, 3.05) is 19.0 Å². The molecule has 0 aliphatic heterocycles. The zero-order valence-corrected chi connectivity index (χ0v) is 15.2. The van der Waals surface area contributed by atoms with Crippen molar-refractivity contribution in [3.8, 4) is 5.75 Å². The number of halogens is 1. The molecule has 0 aromatic heterocycles. The van der Waals surface area contributed by atoms with Crippen LogP contribution in [0.15, 0.2) is 36.4 Å². The van der Waals surface area contributed by atoms with E-state index in [0.717, 1.165) is 22.4 Å². The monoisotopic (exact) mass is 360 g/mol. The molecule has 2 amide bonds. The van der Waals surface area contributed by atoms with Crippen molar-refractivity contribution in [2.45, 2.75) is 20.3 Å². The maximum absolute atomic E-state index is 12.0. The highest BCUT2D eigenvalue weighted by Gasteiger charge is 2.16. The predicted octanol–water partition coefficient (Wildman–Crippen LogP) is 3.26. The summed E-state index contributed by atoms with van der Waals surface area (Å²) in [7, 11) is 1.61. The Morgan fingerprint density at radius 3 is 2.36 bits per heavy atom. The number of benzene rings is 2. The molecule has 2 rings (SSSR count). The summed E-state index contributed by atoms with van der Waals surface area (Å²) >= 11 is 6.14. The van der Waals surface area contributed by atoms with Crippen molar-refractivity contribution in [2.24, 2.45) is 0 Å². The van der Waals surface area contributed by atoms with Gasteiger partial charge in [-0.15, -0.1) is 0 Å². The number of anilines is 1. The predicted molar refractivity (Wildman–Crippen MR) is 99.3 cm³/mol. The summed E-state index contributed by atoms with van der Waals surface area (Å²) in [6.07, 6.45) is 0.618. The fourth-order valence-corrected chi connectivity index (χ4v) is 2.81. The zero-order chi connectivity index (χ0) is 18.4. The topological polar surface area (TPSA) is 67.4 Å². The molecule has 0 unspecified atom stereocenters. The molecule has 0 spiro atoms. The third-order valence-electron chi connectivity index (χ3n) is 3.73. The summed E-state index contributed by atoms with van der Waals surface area (Å²) < 4.78 is 5.09. The molecule has 6 heteroatoms. The lowest BCUT2D eigenvalue weighted by molar-refractivity contribution is -0.136. The number of nitrogens with one attached hydrogen (secondary N) is 2. The van der Waals surface area contributed by atoms with Crippen LogP contribution in [0.2, 0.25) is 5.02 Å². The fourth-order valence-electron chi connectivity index (χ4n) is 2.44. The van der Waals surface area contributed by atoms with E-state index in [1.165, 1.54) is 0 Å². The van der Waals surface area contributed by atoms with Gasteiger partial charge < -0.3 is 15.4 Å². The Balaban J connectivity index is 1.87. The minimum atomic E-state index is -0.733. The molecular formula is C19H21ClN2O3. The van der Waals surface area contributed by atoms with Gasteiger partial charge in [-0.1, -0.05) is 29.8 Å². The molecule has 0 fully saturated rings. The van der Waals surface area contributed by atoms with Crippen LogP contribution in [0.1, 0.15) is 16.7 Å². The van der Waals surface area contributed by atoms with Crippen LogP contribution in [0.25, 0.3) is 0 Å². The second-order valence-electron chi connectivity index (χ2n) is 5.75. The Kier molecular flexibility index (Phi) is 6.42. The van der Waals surface area contributed by atoms with E-state index in [-0.39, 0.29) is 0 Å². The van der Waals surface area contributed by atoms with Crippen LogP contribution in [0.5, 0.6) is 5.75 Å². The molecular weight excluding hydrogens is 340 g/mol. The van der Waals surface area contributed by atoms with E-state index in [2.05, 4.69) is 10.6 Å². The Morgan fingerprint density at radius 1 is 1.08 bits per heavy atom. The summed E-state index contributed by atoms with van der Waals surface area (Å²) in [4.78, 5) is 24.0. The van der Waals surface area contributed by atoms with Gasteiger partial charge in [-0.25, -0.2) is 0 Å². The molecule has 0 saturated carbocycles. The van der Waals surface area contributed by atoms with E-state index in [1.54, 1.807) is 13.2 Å². The Labute approximate surface area is 152 Å². The second kappa shape index (κ2) is 8.53. The van der Waals surface area contributed by atoms with Crippen molar-refractivity contribution in [1.82, 2.24) is 5.32 Å². The van der Waals surface area contributed by atoms with Crippen LogP contribution >= 0.6 is 11.6 Å². The van der Waals surface area contributed by atoms with Gasteiger partial charge in [0.05, 0.1) is 17.8 Å². The summed E-state index contributed by atoms with van der Waals surface area (Å²) in [5, 5.41) is 5.59. The number of ether oxygens (including phenoxy) is 1. The van der Waals surface area contributed by atoms with Crippen molar-refractivity contribution in [1.29, 1.82) is 0 Å². The largest absolute Gasteiger partial charge is 0.497 e. The van der Waals surface area contributed by atoms with Crippen molar-refractivity contribution >= 4 is 29.1 Å². The van der Waals surface area contributed by atoms with Gasteiger partial charge in [0.1, 0.15) is 5.75 Å². The van der Waals surface area contributed by atoms with E-state index in [1.807, 2.05) is 44.2 Å². The van der Waals surface area contributed by atoms with Crippen LogP contribution < -0.4 is 15.4 Å². The lowest BCUT2D eigenvalue weighted by Crippen LogP contribution is -2.36. The lowest BCUT2D eigenvalue weighted by Gasteiger charge is -2.11. The number of carbonyl (C=O) groups is 2. The van der Waals surface area contributed by atoms with Crippen molar-refractivity contribution in [3.63, 3.8) is 0 Å². The van der Waals surface area contributed by atoms with E-state index in [4.69, 9.17) is 16.3 Å². The first kappa shape index (κ1) is 18.8. The highest BCUT2D eigenvalue weighted by Crippen LogP contribution is 2.27. The van der Waals surface area contributed by atoms with Gasteiger partial charge in [0, 0.05) is 6.54 Å². The van der Waals surface area contributed by atoms with E-state index in [9.17, 15) is 9.59 Å². The Morgan fingerprint density at radius 2 is 1.76 bits per heavy atom. The standard InChI is InChI=1S/C19H21ClN2O3/c1-12-10-13(2)17(16(20)11-12)22-19(24)18(23)21-9-8-14-4-6-15(25-3)7-5-14/h4-7,10-11H,8-9H2,1-3H3,(H,21,23)(H,22,24). The van der Waals surface area contributed by atoms with Gasteiger partial charge in [-0.2, -0.15) is 0 Å². The van der Waals surface area contributed by atoms with Crippen LogP contribution in [0.3, 0.4) is 0 Å². The van der Waals surface area contributed by atoms with E-state index < -0.39 is 11.8 Å². The Hall–Kier alpha value is -2.53. The van der Waals surface area contributed by atoms with Gasteiger partial charge in [-0.3, -0.25) is 9.59 Å². The molecule has 0 saturated heterocycles. The molecule has 0 radical (unpaired) electrons. The number of carbonyl (C=O) groups excluding carboxylic acids is 2. The number of aryl methyl sites for hydroxylation is 2. The third-order valence-corrected chi connectivity index (χ3v) is 4.03. The van der Waals surface area contributed by atoms with Crippen molar-refractivity contribution < 1.29 is 14.3 Å². The average molecular weight is 361 g/mol. The smallest absolute Gasteiger partial charge is 0.313 e. The average Bonchev–Trinajstić information content (AvgIpc) is 2.58. The van der Waals surface area contributed by atoms with Crippen molar-refractivity contribution in [3.05, 3.63) is 58.1 Å². The number of methoxy groups -OCH3 is 1. The summed E-state index contributed by atoms with van der Waals surface area (Å²) in [6, 6.07) is 11.2. The number of rotatable bonds is 5. The maximum Gasteiger partial charge on any atom is 0.313 e. The third kappa shape index (κ3) is 5.22. The molecule has 5 nitrogen and oxygen atoms in total. The molecule has 2 N–H and O–H groups in total. The first-order chi connectivity index (χ1) is 11.9. The summed E-state index contributed by atoms with van der Waals surface area (Å²) in [6.45, 7) is 4.10.